The van der Waals surface area contributed by atoms with Crippen LogP contribution < -0.4 is 5.32 Å². The van der Waals surface area contributed by atoms with E-state index in [9.17, 15) is 4.79 Å². The van der Waals surface area contributed by atoms with Crippen LogP contribution in [0.25, 0.3) is 5.70 Å². The highest BCUT2D eigenvalue weighted by Gasteiger charge is 2.39. The molecule has 1 aliphatic carbocycles. The van der Waals surface area contributed by atoms with Gasteiger partial charge < -0.3 is 9.73 Å². The average molecular weight is 331 g/mol. The third-order valence-electron chi connectivity index (χ3n) is 4.41. The van der Waals surface area contributed by atoms with Gasteiger partial charge >= 0.3 is 0 Å². The van der Waals surface area contributed by atoms with Gasteiger partial charge in [-0.15, -0.1) is 11.8 Å². The second kappa shape index (κ2) is 5.14. The summed E-state index contributed by atoms with van der Waals surface area (Å²) >= 11 is 1.65. The minimum Gasteiger partial charge on any atom is -0.468 e. The number of benzene rings is 2. The highest BCUT2D eigenvalue weighted by atomic mass is 32.2. The average Bonchev–Trinajstić information content (AvgIpc) is 3.19. The number of carbonyl (C=O) groups excluding carboxylic acids is 1. The van der Waals surface area contributed by atoms with Crippen molar-refractivity contribution in [2.45, 2.75) is 10.1 Å². The molecule has 2 heterocycles. The number of anilines is 1. The molecule has 4 heteroatoms. The number of Topliss-reactive ketones (excluding diaryl/α,β-unsaturated/α-hetero) is 1. The van der Waals surface area contributed by atoms with E-state index in [1.165, 1.54) is 0 Å². The van der Waals surface area contributed by atoms with Crippen LogP contribution >= 0.6 is 11.8 Å². The summed E-state index contributed by atoms with van der Waals surface area (Å²) in [4.78, 5) is 14.2. The predicted molar refractivity (Wildman–Crippen MR) is 95.1 cm³/mol. The lowest BCUT2D eigenvalue weighted by Gasteiger charge is -2.14. The summed E-state index contributed by atoms with van der Waals surface area (Å²) in [5.41, 5.74) is 4.41. The van der Waals surface area contributed by atoms with Crippen LogP contribution in [0.1, 0.15) is 26.9 Å². The second-order valence-corrected chi connectivity index (χ2v) is 6.94. The van der Waals surface area contributed by atoms with Gasteiger partial charge in [0.15, 0.2) is 5.78 Å². The third-order valence-corrected chi connectivity index (χ3v) is 5.72. The zero-order chi connectivity index (χ0) is 16.1. The summed E-state index contributed by atoms with van der Waals surface area (Å²) in [5.74, 6) is 0.877. The maximum Gasteiger partial charge on any atom is 0.193 e. The first-order chi connectivity index (χ1) is 11.8. The van der Waals surface area contributed by atoms with Crippen LogP contribution in [0.3, 0.4) is 0 Å². The van der Waals surface area contributed by atoms with E-state index < -0.39 is 0 Å². The molecule has 3 aromatic rings. The fourth-order valence-corrected chi connectivity index (χ4v) is 4.57. The summed E-state index contributed by atoms with van der Waals surface area (Å²) in [6.45, 7) is 0. The van der Waals surface area contributed by atoms with Gasteiger partial charge in [0.25, 0.3) is 0 Å². The number of thioether (sulfide) groups is 1. The minimum atomic E-state index is -0.161. The molecule has 1 aromatic heterocycles. The Balaban J connectivity index is 1.77. The predicted octanol–water partition coefficient (Wildman–Crippen LogP) is 5.15. The van der Waals surface area contributed by atoms with Crippen LogP contribution in [0.5, 0.6) is 0 Å². The Morgan fingerprint density at radius 1 is 0.917 bits per heavy atom. The van der Waals surface area contributed by atoms with Crippen molar-refractivity contribution in [1.29, 1.82) is 0 Å². The molecule has 1 aliphatic heterocycles. The number of nitrogens with one attached hydrogen (secondary N) is 1. The maximum absolute atomic E-state index is 13.1. The van der Waals surface area contributed by atoms with Gasteiger partial charge in [0.2, 0.25) is 0 Å². The number of para-hydroxylation sites is 1. The molecular weight excluding hydrogens is 318 g/mol. The monoisotopic (exact) mass is 331 g/mol. The number of rotatable bonds is 1. The van der Waals surface area contributed by atoms with Crippen molar-refractivity contribution in [1.82, 2.24) is 0 Å². The first-order valence-corrected chi connectivity index (χ1v) is 8.65. The highest BCUT2D eigenvalue weighted by molar-refractivity contribution is 8.00. The number of carbonyl (C=O) groups is 1. The van der Waals surface area contributed by atoms with E-state index in [0.717, 1.165) is 38.7 Å². The standard InChI is InChI=1S/C20H13NO2S/c22-19-13-7-2-1-6-12(13)18-17(19)20(15-9-5-11-23-15)24-16-10-4-3-8-14(16)21-18/h1-11,20-21H/t20-/m1/s1. The van der Waals surface area contributed by atoms with Crippen LogP contribution in [0.4, 0.5) is 5.69 Å². The summed E-state index contributed by atoms with van der Waals surface area (Å²) in [6, 6.07) is 19.7. The lowest BCUT2D eigenvalue weighted by Crippen LogP contribution is -2.06. The molecule has 1 N–H and O–H groups in total. The van der Waals surface area contributed by atoms with Gasteiger partial charge in [0.05, 0.1) is 22.9 Å². The second-order valence-electron chi connectivity index (χ2n) is 5.80. The van der Waals surface area contributed by atoms with Crippen molar-refractivity contribution >= 4 is 28.9 Å². The summed E-state index contributed by atoms with van der Waals surface area (Å²) in [7, 11) is 0. The molecule has 116 valence electrons. The Hall–Kier alpha value is -2.72. The van der Waals surface area contributed by atoms with Gasteiger partial charge in [-0.2, -0.15) is 0 Å². The molecule has 0 spiro atoms. The van der Waals surface area contributed by atoms with Gasteiger partial charge in [-0.25, -0.2) is 0 Å². The highest BCUT2D eigenvalue weighted by Crippen LogP contribution is 2.52. The van der Waals surface area contributed by atoms with Gasteiger partial charge in [-0.1, -0.05) is 36.4 Å². The van der Waals surface area contributed by atoms with Gasteiger partial charge in [0, 0.05) is 21.6 Å². The molecule has 0 saturated heterocycles. The van der Waals surface area contributed by atoms with Crippen LogP contribution in [-0.4, -0.2) is 5.78 Å². The first-order valence-electron chi connectivity index (χ1n) is 7.77. The first kappa shape index (κ1) is 13.7. The lowest BCUT2D eigenvalue weighted by molar-refractivity contribution is 0.103. The molecule has 0 fully saturated rings. The number of hydrogen-bond donors (Lipinski definition) is 1. The third kappa shape index (κ3) is 1.90. The minimum absolute atomic E-state index is 0.0785. The van der Waals surface area contributed by atoms with Crippen LogP contribution in [0, 0.1) is 0 Å². The van der Waals surface area contributed by atoms with E-state index in [-0.39, 0.29) is 11.0 Å². The molecule has 0 bridgehead atoms. The Kier molecular flexibility index (Phi) is 2.94. The molecule has 24 heavy (non-hydrogen) atoms. The number of furan rings is 1. The number of hydrogen-bond acceptors (Lipinski definition) is 4. The summed E-state index contributed by atoms with van der Waals surface area (Å²) in [6.07, 6.45) is 1.66. The van der Waals surface area contributed by atoms with Crippen molar-refractivity contribution in [3.8, 4) is 0 Å². The van der Waals surface area contributed by atoms with Crippen molar-refractivity contribution in [3.05, 3.63) is 89.4 Å². The van der Waals surface area contributed by atoms with Gasteiger partial charge in [0.1, 0.15) is 5.76 Å². The van der Waals surface area contributed by atoms with Crippen LogP contribution in [0.2, 0.25) is 0 Å². The smallest absolute Gasteiger partial charge is 0.193 e. The van der Waals surface area contributed by atoms with Gasteiger partial charge in [-0.05, 0) is 24.3 Å². The van der Waals surface area contributed by atoms with Crippen molar-refractivity contribution in [3.63, 3.8) is 0 Å². The van der Waals surface area contributed by atoms with Crippen LogP contribution in [0.15, 0.2) is 81.8 Å². The molecular formula is C20H13NO2S. The fourth-order valence-electron chi connectivity index (χ4n) is 3.32. The molecule has 1 atom stereocenters. The normalized spacial score (nSPS) is 18.5. The zero-order valence-corrected chi connectivity index (χ0v) is 13.5. The van der Waals surface area contributed by atoms with E-state index in [2.05, 4.69) is 11.4 Å². The van der Waals surface area contributed by atoms with Crippen LogP contribution in [-0.2, 0) is 0 Å². The molecule has 0 saturated carbocycles. The van der Waals surface area contributed by atoms with E-state index >= 15 is 0 Å². The molecule has 2 aromatic carbocycles. The quantitative estimate of drug-likeness (QED) is 0.670. The maximum atomic E-state index is 13.1. The van der Waals surface area contributed by atoms with E-state index in [4.69, 9.17) is 4.42 Å². The van der Waals surface area contributed by atoms with Gasteiger partial charge in [-0.3, -0.25) is 4.79 Å². The molecule has 3 nitrogen and oxygen atoms in total. The Morgan fingerprint density at radius 3 is 2.54 bits per heavy atom. The van der Waals surface area contributed by atoms with Crippen molar-refractivity contribution < 1.29 is 9.21 Å². The van der Waals surface area contributed by atoms with E-state index in [0.29, 0.717) is 0 Å². The molecule has 0 amide bonds. The Labute approximate surface area is 143 Å². The molecule has 2 aliphatic rings. The molecule has 5 rings (SSSR count). The number of fused-ring (bicyclic) bond motifs is 3. The zero-order valence-electron chi connectivity index (χ0n) is 12.7. The molecule has 0 radical (unpaired) electrons. The topological polar surface area (TPSA) is 42.2 Å². The Bertz CT molecular complexity index is 988. The van der Waals surface area contributed by atoms with Crippen molar-refractivity contribution in [2.24, 2.45) is 0 Å². The SMILES string of the molecule is O=C1C2=C(Nc3ccccc3S[C@@H]2c2ccco2)c2ccccc21. The largest absolute Gasteiger partial charge is 0.468 e. The lowest BCUT2D eigenvalue weighted by atomic mass is 10.1. The fraction of sp³-hybridized carbons (Fsp3) is 0.0500. The van der Waals surface area contributed by atoms with Crippen molar-refractivity contribution in [2.75, 3.05) is 5.32 Å². The summed E-state index contributed by atoms with van der Waals surface area (Å²) in [5, 5.41) is 3.34. The Morgan fingerprint density at radius 2 is 1.71 bits per heavy atom. The molecule has 0 unspecified atom stereocenters. The summed E-state index contributed by atoms with van der Waals surface area (Å²) < 4.78 is 5.66. The van der Waals surface area contributed by atoms with E-state index in [1.54, 1.807) is 18.0 Å². The number of ketones is 1. The van der Waals surface area contributed by atoms with E-state index in [1.807, 2.05) is 54.6 Å².